The maximum Gasteiger partial charge on any atom is 0.225 e. The fraction of sp³-hybridized carbons (Fsp3) is 0.211. The van der Waals surface area contributed by atoms with Crippen LogP contribution in [0, 0.1) is 13.8 Å². The van der Waals surface area contributed by atoms with E-state index >= 15 is 0 Å². The molecule has 3 N–H and O–H groups in total. The molecule has 0 saturated heterocycles. The molecule has 0 fully saturated rings. The molecule has 0 spiro atoms. The summed E-state index contributed by atoms with van der Waals surface area (Å²) in [5.74, 6) is 1.15. The Kier molecular flexibility index (Phi) is 5.20. The van der Waals surface area contributed by atoms with Crippen molar-refractivity contribution in [2.24, 2.45) is 0 Å². The van der Waals surface area contributed by atoms with Crippen LogP contribution in [-0.4, -0.2) is 33.2 Å². The summed E-state index contributed by atoms with van der Waals surface area (Å²) in [6.45, 7) is 4.52. The zero-order valence-corrected chi connectivity index (χ0v) is 14.3. The molecule has 2 aromatic heterocycles. The largest absolute Gasteiger partial charge is 0.395 e. The van der Waals surface area contributed by atoms with Crippen molar-refractivity contribution < 1.29 is 5.11 Å². The molecule has 0 bridgehead atoms. The number of anilines is 3. The maximum atomic E-state index is 9.05. The summed E-state index contributed by atoms with van der Waals surface area (Å²) in [5.41, 5.74) is 4.99. The third kappa shape index (κ3) is 4.10. The van der Waals surface area contributed by atoms with Gasteiger partial charge >= 0.3 is 0 Å². The van der Waals surface area contributed by atoms with Gasteiger partial charge in [0.1, 0.15) is 5.82 Å². The number of aliphatic hydroxyl groups excluding tert-OH is 1. The second-order valence-corrected chi connectivity index (χ2v) is 5.75. The molecule has 6 heteroatoms. The Morgan fingerprint density at radius 2 is 1.84 bits per heavy atom. The lowest BCUT2D eigenvalue weighted by Crippen LogP contribution is -2.10. The fourth-order valence-corrected chi connectivity index (χ4v) is 2.56. The van der Waals surface area contributed by atoms with Gasteiger partial charge in [-0.3, -0.25) is 4.98 Å². The van der Waals surface area contributed by atoms with Gasteiger partial charge in [-0.15, -0.1) is 0 Å². The second-order valence-electron chi connectivity index (χ2n) is 5.75. The Hall–Kier alpha value is -2.99. The highest BCUT2D eigenvalue weighted by Gasteiger charge is 2.09. The molecule has 6 nitrogen and oxygen atoms in total. The van der Waals surface area contributed by atoms with Gasteiger partial charge in [0.25, 0.3) is 0 Å². The second kappa shape index (κ2) is 7.72. The number of hydrogen-bond acceptors (Lipinski definition) is 6. The monoisotopic (exact) mass is 335 g/mol. The van der Waals surface area contributed by atoms with Gasteiger partial charge in [-0.2, -0.15) is 4.98 Å². The van der Waals surface area contributed by atoms with E-state index in [0.29, 0.717) is 18.3 Å². The molecule has 0 amide bonds. The molecular weight excluding hydrogens is 314 g/mol. The molecule has 1 aromatic carbocycles. The third-order valence-electron chi connectivity index (χ3n) is 3.81. The van der Waals surface area contributed by atoms with Gasteiger partial charge in [-0.05, 0) is 37.1 Å². The molecule has 0 radical (unpaired) electrons. The number of aliphatic hydroxyl groups is 1. The number of rotatable bonds is 6. The topological polar surface area (TPSA) is 83.0 Å². The number of hydrogen-bond donors (Lipinski definition) is 3. The van der Waals surface area contributed by atoms with Crippen LogP contribution in [0.4, 0.5) is 17.5 Å². The van der Waals surface area contributed by atoms with Gasteiger partial charge in [0, 0.05) is 36.3 Å². The molecule has 2 heterocycles. The molecule has 0 unspecified atom stereocenters. The van der Waals surface area contributed by atoms with Crippen LogP contribution in [0.1, 0.15) is 11.1 Å². The summed E-state index contributed by atoms with van der Waals surface area (Å²) in [6, 6.07) is 11.9. The lowest BCUT2D eigenvalue weighted by molar-refractivity contribution is 0.311. The normalized spacial score (nSPS) is 10.5. The molecule has 0 atom stereocenters. The number of benzene rings is 1. The van der Waals surface area contributed by atoms with Crippen LogP contribution in [0.25, 0.3) is 11.3 Å². The van der Waals surface area contributed by atoms with Crippen LogP contribution in [-0.2, 0) is 0 Å². The van der Waals surface area contributed by atoms with Crippen molar-refractivity contribution in [3.8, 4) is 11.3 Å². The Balaban J connectivity index is 2.00. The van der Waals surface area contributed by atoms with Gasteiger partial charge in [-0.1, -0.05) is 18.2 Å². The highest BCUT2D eigenvalue weighted by molar-refractivity contribution is 5.69. The minimum Gasteiger partial charge on any atom is -0.395 e. The SMILES string of the molecule is Cc1cccc(C)c1Nc1cc(-c2cccnc2)nc(NCCO)n1. The number of para-hydroxylation sites is 1. The molecule has 3 rings (SSSR count). The summed E-state index contributed by atoms with van der Waals surface area (Å²) >= 11 is 0. The first-order valence-electron chi connectivity index (χ1n) is 8.15. The van der Waals surface area contributed by atoms with Crippen LogP contribution in [0.2, 0.25) is 0 Å². The molecule has 0 aliphatic heterocycles. The predicted molar refractivity (Wildman–Crippen MR) is 100 cm³/mol. The summed E-state index contributed by atoms with van der Waals surface area (Å²) in [7, 11) is 0. The molecule has 0 aliphatic rings. The van der Waals surface area contributed by atoms with E-state index in [9.17, 15) is 0 Å². The van der Waals surface area contributed by atoms with Crippen molar-refractivity contribution in [3.63, 3.8) is 0 Å². The van der Waals surface area contributed by atoms with Crippen LogP contribution in [0.5, 0.6) is 0 Å². The molecule has 25 heavy (non-hydrogen) atoms. The first-order chi connectivity index (χ1) is 12.2. The Labute approximate surface area is 147 Å². The molecule has 3 aromatic rings. The third-order valence-corrected chi connectivity index (χ3v) is 3.81. The zero-order chi connectivity index (χ0) is 17.6. The van der Waals surface area contributed by atoms with Crippen molar-refractivity contribution in [1.29, 1.82) is 0 Å². The summed E-state index contributed by atoms with van der Waals surface area (Å²) in [4.78, 5) is 13.2. The quantitative estimate of drug-likeness (QED) is 0.641. The fourth-order valence-electron chi connectivity index (χ4n) is 2.56. The van der Waals surface area contributed by atoms with Gasteiger partial charge in [0.05, 0.1) is 12.3 Å². The van der Waals surface area contributed by atoms with Crippen LogP contribution >= 0.6 is 0 Å². The van der Waals surface area contributed by atoms with Gasteiger partial charge in [-0.25, -0.2) is 4.98 Å². The van der Waals surface area contributed by atoms with Crippen LogP contribution in [0.15, 0.2) is 48.8 Å². The maximum absolute atomic E-state index is 9.05. The lowest BCUT2D eigenvalue weighted by Gasteiger charge is -2.14. The Morgan fingerprint density at radius 3 is 2.52 bits per heavy atom. The van der Waals surface area contributed by atoms with E-state index in [1.165, 1.54) is 0 Å². The van der Waals surface area contributed by atoms with E-state index in [0.717, 1.165) is 28.1 Å². The van der Waals surface area contributed by atoms with Crippen molar-refractivity contribution in [3.05, 3.63) is 59.9 Å². The smallest absolute Gasteiger partial charge is 0.225 e. The number of nitrogens with one attached hydrogen (secondary N) is 2. The summed E-state index contributed by atoms with van der Waals surface area (Å²) in [6.07, 6.45) is 3.49. The van der Waals surface area contributed by atoms with Crippen molar-refractivity contribution in [2.45, 2.75) is 13.8 Å². The first kappa shape index (κ1) is 16.9. The first-order valence-corrected chi connectivity index (χ1v) is 8.15. The Morgan fingerprint density at radius 1 is 1.04 bits per heavy atom. The zero-order valence-electron chi connectivity index (χ0n) is 14.3. The van der Waals surface area contributed by atoms with Gasteiger partial charge < -0.3 is 15.7 Å². The van der Waals surface area contributed by atoms with E-state index < -0.39 is 0 Å². The summed E-state index contributed by atoms with van der Waals surface area (Å²) < 4.78 is 0. The molecular formula is C19H21N5O. The van der Waals surface area contributed by atoms with Crippen LogP contribution < -0.4 is 10.6 Å². The van der Waals surface area contributed by atoms with Gasteiger partial charge in [0.15, 0.2) is 0 Å². The van der Waals surface area contributed by atoms with Crippen LogP contribution in [0.3, 0.4) is 0 Å². The lowest BCUT2D eigenvalue weighted by atomic mass is 10.1. The number of nitrogens with zero attached hydrogens (tertiary/aromatic N) is 3. The predicted octanol–water partition coefficient (Wildman–Crippen LogP) is 3.30. The molecule has 128 valence electrons. The highest BCUT2D eigenvalue weighted by atomic mass is 16.3. The Bertz CT molecular complexity index is 831. The van der Waals surface area contributed by atoms with Crippen molar-refractivity contribution in [1.82, 2.24) is 15.0 Å². The van der Waals surface area contributed by atoms with Gasteiger partial charge in [0.2, 0.25) is 5.95 Å². The van der Waals surface area contributed by atoms with E-state index in [1.54, 1.807) is 12.4 Å². The number of pyridine rings is 1. The minimum atomic E-state index is 0.0140. The standard InChI is InChI=1S/C19H21N5O/c1-13-5-3-6-14(2)18(13)23-17-11-16(15-7-4-8-20-12-15)22-19(24-17)21-9-10-25/h3-8,11-12,25H,9-10H2,1-2H3,(H2,21,22,23,24). The number of aromatic nitrogens is 3. The average Bonchev–Trinajstić information content (AvgIpc) is 2.64. The summed E-state index contributed by atoms with van der Waals surface area (Å²) in [5, 5.41) is 15.5. The van der Waals surface area contributed by atoms with Crippen molar-refractivity contribution in [2.75, 3.05) is 23.8 Å². The number of aryl methyl sites for hydroxylation is 2. The van der Waals surface area contributed by atoms with E-state index in [-0.39, 0.29) is 6.61 Å². The average molecular weight is 335 g/mol. The van der Waals surface area contributed by atoms with E-state index in [1.807, 2.05) is 24.3 Å². The highest BCUT2D eigenvalue weighted by Crippen LogP contribution is 2.26. The minimum absolute atomic E-state index is 0.0140. The van der Waals surface area contributed by atoms with E-state index in [4.69, 9.17) is 5.11 Å². The molecule has 0 aliphatic carbocycles. The van der Waals surface area contributed by atoms with E-state index in [2.05, 4.69) is 51.6 Å². The molecule has 0 saturated carbocycles. The van der Waals surface area contributed by atoms with Crippen molar-refractivity contribution >= 4 is 17.5 Å².